The van der Waals surface area contributed by atoms with Crippen molar-refractivity contribution in [2.75, 3.05) is 12.0 Å². The molecule has 2 atom stereocenters. The zero-order valence-electron chi connectivity index (χ0n) is 10.0. The molecule has 1 amide bonds. The first-order valence-corrected chi connectivity index (χ1v) is 7.21. The minimum Gasteiger partial charge on any atom is -0.480 e. The van der Waals surface area contributed by atoms with Gasteiger partial charge in [-0.1, -0.05) is 12.8 Å². The molecule has 1 aliphatic rings. The van der Waals surface area contributed by atoms with Crippen LogP contribution in [0.1, 0.15) is 25.7 Å². The Balaban J connectivity index is 2.36. The molecule has 4 N–H and O–H groups in total. The Morgan fingerprint density at radius 2 is 2.18 bits per heavy atom. The number of aliphatic carboxylic acids is 1. The molecule has 0 heterocycles. The molecule has 6 heteroatoms. The van der Waals surface area contributed by atoms with E-state index in [-0.39, 0.29) is 5.91 Å². The summed E-state index contributed by atoms with van der Waals surface area (Å²) in [5, 5.41) is 11.5. The lowest BCUT2D eigenvalue weighted by molar-refractivity contribution is -0.142. The maximum Gasteiger partial charge on any atom is 0.326 e. The molecule has 0 spiro atoms. The normalized spacial score (nSPS) is 18.5. The highest BCUT2D eigenvalue weighted by Crippen LogP contribution is 2.33. The number of rotatable bonds is 8. The molecule has 0 unspecified atom stereocenters. The second-order valence-electron chi connectivity index (χ2n) is 4.47. The van der Waals surface area contributed by atoms with Gasteiger partial charge in [0.2, 0.25) is 5.91 Å². The molecule has 0 radical (unpaired) electrons. The van der Waals surface area contributed by atoms with Gasteiger partial charge in [-0.15, -0.1) is 0 Å². The lowest BCUT2D eigenvalue weighted by atomic mass is 10.1. The van der Waals surface area contributed by atoms with Gasteiger partial charge in [0.05, 0.1) is 6.04 Å². The maximum atomic E-state index is 11.7. The third-order valence-electron chi connectivity index (χ3n) is 2.85. The number of amides is 1. The monoisotopic (exact) mass is 260 g/mol. The number of carboxylic acid groups (broad SMARTS) is 1. The Morgan fingerprint density at radius 3 is 2.65 bits per heavy atom. The SMILES string of the molecule is CSCC[C@@H](N)C(=O)N[C@@H](CC1CC1)C(=O)O. The summed E-state index contributed by atoms with van der Waals surface area (Å²) in [4.78, 5) is 22.6. The highest BCUT2D eigenvalue weighted by atomic mass is 32.2. The van der Waals surface area contributed by atoms with Gasteiger partial charge in [-0.3, -0.25) is 4.79 Å². The minimum absolute atomic E-state index is 0.355. The summed E-state index contributed by atoms with van der Waals surface area (Å²) in [6, 6.07) is -1.39. The summed E-state index contributed by atoms with van der Waals surface area (Å²) in [6.45, 7) is 0. The molecule has 0 aromatic carbocycles. The quantitative estimate of drug-likeness (QED) is 0.589. The van der Waals surface area contributed by atoms with Gasteiger partial charge in [-0.25, -0.2) is 4.79 Å². The fourth-order valence-electron chi connectivity index (χ4n) is 1.56. The van der Waals surface area contributed by atoms with E-state index in [2.05, 4.69) is 5.32 Å². The average molecular weight is 260 g/mol. The third-order valence-corrected chi connectivity index (χ3v) is 3.49. The van der Waals surface area contributed by atoms with Crippen LogP contribution >= 0.6 is 11.8 Å². The van der Waals surface area contributed by atoms with Crippen molar-refractivity contribution in [3.63, 3.8) is 0 Å². The van der Waals surface area contributed by atoms with E-state index in [1.54, 1.807) is 11.8 Å². The van der Waals surface area contributed by atoms with Gasteiger partial charge in [0.1, 0.15) is 6.04 Å². The van der Waals surface area contributed by atoms with Gasteiger partial charge < -0.3 is 16.2 Å². The highest BCUT2D eigenvalue weighted by Gasteiger charge is 2.30. The smallest absolute Gasteiger partial charge is 0.326 e. The van der Waals surface area contributed by atoms with E-state index in [9.17, 15) is 9.59 Å². The number of carbonyl (C=O) groups is 2. The lowest BCUT2D eigenvalue weighted by Crippen LogP contribution is -2.48. The van der Waals surface area contributed by atoms with Gasteiger partial charge in [-0.05, 0) is 30.8 Å². The first-order valence-electron chi connectivity index (χ1n) is 5.82. The van der Waals surface area contributed by atoms with Gasteiger partial charge in [0, 0.05) is 0 Å². The van der Waals surface area contributed by atoms with Crippen molar-refractivity contribution >= 4 is 23.6 Å². The maximum absolute atomic E-state index is 11.7. The summed E-state index contributed by atoms with van der Waals surface area (Å²) in [7, 11) is 0. The zero-order chi connectivity index (χ0) is 12.8. The summed E-state index contributed by atoms with van der Waals surface area (Å²) in [5.41, 5.74) is 5.68. The predicted octanol–water partition coefficient (Wildman–Crippen LogP) is 0.436. The van der Waals surface area contributed by atoms with Crippen LogP contribution in [0, 0.1) is 5.92 Å². The van der Waals surface area contributed by atoms with Crippen molar-refractivity contribution in [1.29, 1.82) is 0 Å². The van der Waals surface area contributed by atoms with E-state index in [0.29, 0.717) is 18.8 Å². The topological polar surface area (TPSA) is 92.4 Å². The predicted molar refractivity (Wildman–Crippen MR) is 67.9 cm³/mol. The molecule has 1 rings (SSSR count). The summed E-state index contributed by atoms with van der Waals surface area (Å²) in [6.07, 6.45) is 5.17. The zero-order valence-corrected chi connectivity index (χ0v) is 10.8. The van der Waals surface area contributed by atoms with E-state index in [1.165, 1.54) is 0 Å². The van der Waals surface area contributed by atoms with Crippen LogP contribution in [0.15, 0.2) is 0 Å². The van der Waals surface area contributed by atoms with Crippen molar-refractivity contribution in [1.82, 2.24) is 5.32 Å². The van der Waals surface area contributed by atoms with Crippen LogP contribution in [0.4, 0.5) is 0 Å². The first kappa shape index (κ1) is 14.3. The molecule has 1 fully saturated rings. The Kier molecular flexibility index (Phi) is 5.77. The Hall–Kier alpha value is -0.750. The van der Waals surface area contributed by atoms with Crippen molar-refractivity contribution in [3.05, 3.63) is 0 Å². The molecule has 0 aliphatic heterocycles. The first-order chi connectivity index (χ1) is 8.04. The number of thioether (sulfide) groups is 1. The fourth-order valence-corrected chi connectivity index (χ4v) is 2.05. The molecule has 1 saturated carbocycles. The number of carboxylic acids is 1. The van der Waals surface area contributed by atoms with Crippen molar-refractivity contribution < 1.29 is 14.7 Å². The number of nitrogens with one attached hydrogen (secondary N) is 1. The summed E-state index contributed by atoms with van der Waals surface area (Å²) < 4.78 is 0. The second kappa shape index (κ2) is 6.86. The van der Waals surface area contributed by atoms with E-state index in [1.807, 2.05) is 6.26 Å². The van der Waals surface area contributed by atoms with Crippen LogP contribution in [-0.4, -0.2) is 41.1 Å². The number of nitrogens with two attached hydrogens (primary N) is 1. The van der Waals surface area contributed by atoms with Crippen LogP contribution in [0.5, 0.6) is 0 Å². The van der Waals surface area contributed by atoms with Crippen LogP contribution in [-0.2, 0) is 9.59 Å². The van der Waals surface area contributed by atoms with Gasteiger partial charge in [-0.2, -0.15) is 11.8 Å². The number of carbonyl (C=O) groups excluding carboxylic acids is 1. The van der Waals surface area contributed by atoms with Gasteiger partial charge in [0.25, 0.3) is 0 Å². The largest absolute Gasteiger partial charge is 0.480 e. The van der Waals surface area contributed by atoms with Crippen LogP contribution in [0.25, 0.3) is 0 Å². The second-order valence-corrected chi connectivity index (χ2v) is 5.45. The molecule has 0 saturated heterocycles. The minimum atomic E-state index is -0.970. The Bertz CT molecular complexity index is 282. The van der Waals surface area contributed by atoms with E-state index in [4.69, 9.17) is 10.8 Å². The van der Waals surface area contributed by atoms with Crippen molar-refractivity contribution in [3.8, 4) is 0 Å². The molecular formula is C11H20N2O3S. The summed E-state index contributed by atoms with van der Waals surface area (Å²) in [5.74, 6) is -0.0668. The van der Waals surface area contributed by atoms with Crippen molar-refractivity contribution in [2.24, 2.45) is 11.7 Å². The standard InChI is InChI=1S/C11H20N2O3S/c1-17-5-4-8(12)10(14)13-9(11(15)16)6-7-2-3-7/h7-9H,2-6,12H2,1H3,(H,13,14)(H,15,16)/t8-,9+/m1/s1. The molecule has 98 valence electrons. The number of hydrogen-bond acceptors (Lipinski definition) is 4. The molecule has 5 nitrogen and oxygen atoms in total. The van der Waals surface area contributed by atoms with Crippen LogP contribution in [0.2, 0.25) is 0 Å². The Labute approximate surface area is 106 Å². The summed E-state index contributed by atoms with van der Waals surface area (Å²) >= 11 is 1.62. The van der Waals surface area contributed by atoms with Gasteiger partial charge >= 0.3 is 5.97 Å². The van der Waals surface area contributed by atoms with Gasteiger partial charge in [0.15, 0.2) is 0 Å². The number of hydrogen-bond donors (Lipinski definition) is 3. The van der Waals surface area contributed by atoms with E-state index >= 15 is 0 Å². The molecular weight excluding hydrogens is 240 g/mol. The molecule has 17 heavy (non-hydrogen) atoms. The molecule has 0 aromatic rings. The van der Waals surface area contributed by atoms with Crippen LogP contribution in [0.3, 0.4) is 0 Å². The highest BCUT2D eigenvalue weighted by molar-refractivity contribution is 7.98. The Morgan fingerprint density at radius 1 is 1.53 bits per heavy atom. The fraction of sp³-hybridized carbons (Fsp3) is 0.818. The third kappa shape index (κ3) is 5.41. The average Bonchev–Trinajstić information content (AvgIpc) is 3.08. The van der Waals surface area contributed by atoms with E-state index < -0.39 is 18.1 Å². The molecule has 1 aliphatic carbocycles. The molecule has 0 bridgehead atoms. The van der Waals surface area contributed by atoms with Crippen LogP contribution < -0.4 is 11.1 Å². The van der Waals surface area contributed by atoms with Crippen molar-refractivity contribution in [2.45, 2.75) is 37.8 Å². The molecule has 0 aromatic heterocycles. The van der Waals surface area contributed by atoms with E-state index in [0.717, 1.165) is 18.6 Å². The lowest BCUT2D eigenvalue weighted by Gasteiger charge is -2.17.